The van der Waals surface area contributed by atoms with Crippen LogP contribution >= 0.6 is 0 Å². The van der Waals surface area contributed by atoms with E-state index >= 15 is 0 Å². The third-order valence-corrected chi connectivity index (χ3v) is 2.32. The van der Waals surface area contributed by atoms with Gasteiger partial charge in [-0.1, -0.05) is 6.07 Å². The van der Waals surface area contributed by atoms with Gasteiger partial charge in [0.1, 0.15) is 5.75 Å². The second kappa shape index (κ2) is 7.41. The van der Waals surface area contributed by atoms with Crippen LogP contribution in [0.4, 0.5) is 0 Å². The third-order valence-electron chi connectivity index (χ3n) is 2.32. The number of amides is 1. The standard InChI is InChI=1S/C14H19NO4/c1-10(2)19-12-6-3-5-11(9-12)14(18)15-8-4-7-13(16)17/h3,5-6,9-10H,4,7-8H2,1-2H3,(H,15,18)(H,16,17). The highest BCUT2D eigenvalue weighted by atomic mass is 16.5. The number of ether oxygens (including phenoxy) is 1. The van der Waals surface area contributed by atoms with Gasteiger partial charge in [0, 0.05) is 18.5 Å². The molecular weight excluding hydrogens is 246 g/mol. The molecule has 0 saturated heterocycles. The number of carboxylic acid groups (broad SMARTS) is 1. The topological polar surface area (TPSA) is 75.6 Å². The summed E-state index contributed by atoms with van der Waals surface area (Å²) in [6, 6.07) is 6.91. The van der Waals surface area contributed by atoms with Gasteiger partial charge in [0.05, 0.1) is 6.10 Å². The molecule has 0 spiro atoms. The lowest BCUT2D eigenvalue weighted by molar-refractivity contribution is -0.137. The molecule has 0 bridgehead atoms. The Kier molecular flexibility index (Phi) is 5.85. The summed E-state index contributed by atoms with van der Waals surface area (Å²) >= 11 is 0. The first-order valence-electron chi connectivity index (χ1n) is 6.25. The SMILES string of the molecule is CC(C)Oc1cccc(C(=O)NCCCC(=O)O)c1. The van der Waals surface area contributed by atoms with Crippen LogP contribution in [-0.4, -0.2) is 29.6 Å². The molecule has 5 nitrogen and oxygen atoms in total. The van der Waals surface area contributed by atoms with Crippen molar-refractivity contribution >= 4 is 11.9 Å². The zero-order valence-corrected chi connectivity index (χ0v) is 11.2. The fraction of sp³-hybridized carbons (Fsp3) is 0.429. The maximum atomic E-state index is 11.8. The van der Waals surface area contributed by atoms with E-state index in [0.717, 1.165) is 0 Å². The number of benzene rings is 1. The molecule has 0 atom stereocenters. The smallest absolute Gasteiger partial charge is 0.303 e. The summed E-state index contributed by atoms with van der Waals surface area (Å²) in [5.41, 5.74) is 0.508. The summed E-state index contributed by atoms with van der Waals surface area (Å²) in [5.74, 6) is -0.436. The van der Waals surface area contributed by atoms with Gasteiger partial charge in [-0.05, 0) is 38.5 Å². The van der Waals surface area contributed by atoms with E-state index in [2.05, 4.69) is 5.32 Å². The van der Waals surface area contributed by atoms with Crippen molar-refractivity contribution in [2.75, 3.05) is 6.54 Å². The summed E-state index contributed by atoms with van der Waals surface area (Å²) in [7, 11) is 0. The van der Waals surface area contributed by atoms with Crippen molar-refractivity contribution in [2.45, 2.75) is 32.8 Å². The number of nitrogens with one attached hydrogen (secondary N) is 1. The molecule has 0 fully saturated rings. The molecule has 0 aromatic heterocycles. The van der Waals surface area contributed by atoms with Crippen LogP contribution in [0.15, 0.2) is 24.3 Å². The number of carboxylic acids is 1. The van der Waals surface area contributed by atoms with Gasteiger partial charge in [0.25, 0.3) is 5.91 Å². The van der Waals surface area contributed by atoms with Gasteiger partial charge in [-0.25, -0.2) is 0 Å². The molecule has 19 heavy (non-hydrogen) atoms. The molecule has 0 radical (unpaired) electrons. The van der Waals surface area contributed by atoms with Crippen molar-refractivity contribution in [3.8, 4) is 5.75 Å². The van der Waals surface area contributed by atoms with Crippen LogP contribution in [0.5, 0.6) is 5.75 Å². The predicted octanol–water partition coefficient (Wildman–Crippen LogP) is 2.07. The molecule has 0 aliphatic carbocycles. The summed E-state index contributed by atoms with van der Waals surface area (Å²) in [4.78, 5) is 22.1. The molecule has 5 heteroatoms. The molecule has 0 saturated carbocycles. The number of rotatable bonds is 7. The number of hydrogen-bond donors (Lipinski definition) is 2. The first-order valence-corrected chi connectivity index (χ1v) is 6.25. The van der Waals surface area contributed by atoms with Crippen LogP contribution in [0.1, 0.15) is 37.0 Å². The van der Waals surface area contributed by atoms with E-state index in [-0.39, 0.29) is 18.4 Å². The zero-order chi connectivity index (χ0) is 14.3. The monoisotopic (exact) mass is 265 g/mol. The van der Waals surface area contributed by atoms with E-state index in [1.165, 1.54) is 0 Å². The van der Waals surface area contributed by atoms with Gasteiger partial charge in [0.15, 0.2) is 0 Å². The molecule has 1 rings (SSSR count). The van der Waals surface area contributed by atoms with Crippen LogP contribution in [0.2, 0.25) is 0 Å². The highest BCUT2D eigenvalue weighted by Crippen LogP contribution is 2.14. The van der Waals surface area contributed by atoms with E-state index in [0.29, 0.717) is 24.3 Å². The average molecular weight is 265 g/mol. The lowest BCUT2D eigenvalue weighted by Crippen LogP contribution is -2.24. The molecule has 104 valence electrons. The predicted molar refractivity (Wildman–Crippen MR) is 71.4 cm³/mol. The van der Waals surface area contributed by atoms with Crippen molar-refractivity contribution in [2.24, 2.45) is 0 Å². The van der Waals surface area contributed by atoms with Crippen molar-refractivity contribution in [3.05, 3.63) is 29.8 Å². The largest absolute Gasteiger partial charge is 0.491 e. The lowest BCUT2D eigenvalue weighted by atomic mass is 10.2. The fourth-order valence-corrected chi connectivity index (χ4v) is 1.53. The van der Waals surface area contributed by atoms with Crippen molar-refractivity contribution in [3.63, 3.8) is 0 Å². The summed E-state index contributed by atoms with van der Waals surface area (Å²) in [5, 5.41) is 11.2. The Morgan fingerprint density at radius 3 is 2.74 bits per heavy atom. The molecule has 1 aromatic carbocycles. The quantitative estimate of drug-likeness (QED) is 0.740. The zero-order valence-electron chi connectivity index (χ0n) is 11.2. The van der Waals surface area contributed by atoms with E-state index < -0.39 is 5.97 Å². The highest BCUT2D eigenvalue weighted by molar-refractivity contribution is 5.94. The Hall–Kier alpha value is -2.04. The van der Waals surface area contributed by atoms with Crippen LogP contribution < -0.4 is 10.1 Å². The molecule has 2 N–H and O–H groups in total. The van der Waals surface area contributed by atoms with Crippen molar-refractivity contribution in [1.82, 2.24) is 5.32 Å². The minimum atomic E-state index is -0.860. The van der Waals surface area contributed by atoms with E-state index in [1.807, 2.05) is 13.8 Å². The summed E-state index contributed by atoms with van der Waals surface area (Å²) < 4.78 is 5.50. The Labute approximate surface area is 112 Å². The van der Waals surface area contributed by atoms with Crippen LogP contribution in [-0.2, 0) is 4.79 Å². The van der Waals surface area contributed by atoms with Crippen LogP contribution in [0.3, 0.4) is 0 Å². The molecule has 0 unspecified atom stereocenters. The van der Waals surface area contributed by atoms with Crippen molar-refractivity contribution < 1.29 is 19.4 Å². The fourth-order valence-electron chi connectivity index (χ4n) is 1.53. The Balaban J connectivity index is 2.49. The van der Waals surface area contributed by atoms with Gasteiger partial charge >= 0.3 is 5.97 Å². The van der Waals surface area contributed by atoms with Gasteiger partial charge in [0.2, 0.25) is 0 Å². The Morgan fingerprint density at radius 1 is 1.37 bits per heavy atom. The number of carbonyl (C=O) groups is 2. The first kappa shape index (κ1) is 15.0. The maximum Gasteiger partial charge on any atom is 0.303 e. The van der Waals surface area contributed by atoms with Crippen molar-refractivity contribution in [1.29, 1.82) is 0 Å². The van der Waals surface area contributed by atoms with Gasteiger partial charge in [-0.2, -0.15) is 0 Å². The first-order chi connectivity index (χ1) is 8.99. The lowest BCUT2D eigenvalue weighted by Gasteiger charge is -2.11. The maximum absolute atomic E-state index is 11.8. The molecular formula is C14H19NO4. The summed E-state index contributed by atoms with van der Waals surface area (Å²) in [6.45, 7) is 4.18. The number of carbonyl (C=O) groups excluding carboxylic acids is 1. The van der Waals surface area contributed by atoms with Crippen LogP contribution in [0.25, 0.3) is 0 Å². The number of hydrogen-bond acceptors (Lipinski definition) is 3. The average Bonchev–Trinajstić information content (AvgIpc) is 2.33. The molecule has 0 heterocycles. The van der Waals surface area contributed by atoms with E-state index in [4.69, 9.17) is 9.84 Å². The number of aliphatic carboxylic acids is 1. The minimum absolute atomic E-state index is 0.0499. The van der Waals surface area contributed by atoms with E-state index in [1.54, 1.807) is 24.3 Å². The summed E-state index contributed by atoms with van der Waals surface area (Å²) in [6.07, 6.45) is 0.522. The highest BCUT2D eigenvalue weighted by Gasteiger charge is 2.07. The molecule has 1 amide bonds. The third kappa shape index (κ3) is 5.90. The second-order valence-corrected chi connectivity index (χ2v) is 4.45. The Morgan fingerprint density at radius 2 is 2.11 bits per heavy atom. The second-order valence-electron chi connectivity index (χ2n) is 4.45. The van der Waals surface area contributed by atoms with Gasteiger partial charge in [-0.3, -0.25) is 9.59 Å². The molecule has 0 aliphatic rings. The van der Waals surface area contributed by atoms with E-state index in [9.17, 15) is 9.59 Å². The normalized spacial score (nSPS) is 10.3. The Bertz CT molecular complexity index is 443. The molecule has 1 aromatic rings. The molecule has 0 aliphatic heterocycles. The van der Waals surface area contributed by atoms with Crippen LogP contribution in [0, 0.1) is 0 Å². The van der Waals surface area contributed by atoms with Gasteiger partial charge in [-0.15, -0.1) is 0 Å². The minimum Gasteiger partial charge on any atom is -0.491 e. The van der Waals surface area contributed by atoms with Gasteiger partial charge < -0.3 is 15.2 Å².